The molecule has 1 aliphatic rings. The number of ether oxygens (including phenoxy) is 1. The topological polar surface area (TPSA) is 80.2 Å². The minimum atomic E-state index is 0.0130. The number of nitrogens with one attached hydrogen (secondary N) is 1. The van der Waals surface area contributed by atoms with Crippen molar-refractivity contribution >= 4 is 11.7 Å². The number of hydrogen-bond acceptors (Lipinski definition) is 6. The Balaban J connectivity index is 1.57. The molecule has 126 valence electrons. The first kappa shape index (κ1) is 16.2. The molecule has 2 aromatic heterocycles. The van der Waals surface area contributed by atoms with Crippen molar-refractivity contribution in [1.29, 1.82) is 0 Å². The molecule has 2 aromatic rings. The molecule has 1 aliphatic heterocycles. The fraction of sp³-hybridized carbons (Fsp3) is 0.412. The highest BCUT2D eigenvalue weighted by atomic mass is 16.5. The average Bonchev–Trinajstić information content (AvgIpc) is 3.04. The van der Waals surface area contributed by atoms with Gasteiger partial charge in [0.05, 0.1) is 13.0 Å². The Morgan fingerprint density at radius 1 is 1.38 bits per heavy atom. The van der Waals surface area contributed by atoms with Gasteiger partial charge in [0.1, 0.15) is 0 Å². The Morgan fingerprint density at radius 3 is 3.04 bits per heavy atom. The van der Waals surface area contributed by atoms with Gasteiger partial charge in [0.15, 0.2) is 5.82 Å². The van der Waals surface area contributed by atoms with Gasteiger partial charge < -0.3 is 15.0 Å². The molecule has 0 aromatic carbocycles. The largest absolute Gasteiger partial charge is 0.475 e. The van der Waals surface area contributed by atoms with Crippen molar-refractivity contribution in [2.75, 3.05) is 24.6 Å². The van der Waals surface area contributed by atoms with Crippen molar-refractivity contribution in [3.05, 3.63) is 42.5 Å². The summed E-state index contributed by atoms with van der Waals surface area (Å²) in [6.07, 6.45) is 7.92. The minimum Gasteiger partial charge on any atom is -0.475 e. The van der Waals surface area contributed by atoms with Crippen molar-refractivity contribution in [3.8, 4) is 5.88 Å². The van der Waals surface area contributed by atoms with Gasteiger partial charge in [-0.05, 0) is 25.0 Å². The molecule has 1 amide bonds. The summed E-state index contributed by atoms with van der Waals surface area (Å²) in [7, 11) is 0. The molecule has 3 rings (SSSR count). The van der Waals surface area contributed by atoms with Gasteiger partial charge in [0.2, 0.25) is 5.91 Å². The maximum atomic E-state index is 12.2. The molecule has 7 heteroatoms. The molecule has 1 saturated heterocycles. The van der Waals surface area contributed by atoms with Gasteiger partial charge in [-0.3, -0.25) is 9.78 Å². The second-order valence-electron chi connectivity index (χ2n) is 5.66. The van der Waals surface area contributed by atoms with E-state index < -0.39 is 0 Å². The van der Waals surface area contributed by atoms with E-state index in [9.17, 15) is 4.79 Å². The highest BCUT2D eigenvalue weighted by Crippen LogP contribution is 2.26. The Hall–Kier alpha value is -2.70. The van der Waals surface area contributed by atoms with E-state index in [0.717, 1.165) is 24.3 Å². The molecule has 0 radical (unpaired) electrons. The smallest absolute Gasteiger partial charge is 0.257 e. The number of carbonyl (C=O) groups excluding carboxylic acids is 1. The first-order valence-electron chi connectivity index (χ1n) is 8.13. The fourth-order valence-electron chi connectivity index (χ4n) is 2.81. The van der Waals surface area contributed by atoms with Gasteiger partial charge in [-0.25, -0.2) is 9.97 Å². The predicted octanol–water partition coefficient (Wildman–Crippen LogP) is 1.21. The minimum absolute atomic E-state index is 0.0130. The number of amides is 1. The molecule has 3 heterocycles. The van der Waals surface area contributed by atoms with Gasteiger partial charge in [-0.2, -0.15) is 0 Å². The number of nitrogens with zero attached hydrogens (tertiary/aromatic N) is 4. The van der Waals surface area contributed by atoms with Crippen LogP contribution in [0.4, 0.5) is 5.82 Å². The number of carbonyl (C=O) groups is 1. The first-order chi connectivity index (χ1) is 11.8. The molecule has 1 atom stereocenters. The van der Waals surface area contributed by atoms with Gasteiger partial charge in [-0.15, -0.1) is 0 Å². The van der Waals surface area contributed by atoms with Crippen molar-refractivity contribution in [2.24, 2.45) is 0 Å². The summed E-state index contributed by atoms with van der Waals surface area (Å²) in [4.78, 5) is 26.9. The van der Waals surface area contributed by atoms with Crippen LogP contribution in [-0.2, 0) is 11.2 Å². The summed E-state index contributed by atoms with van der Waals surface area (Å²) >= 11 is 0. The van der Waals surface area contributed by atoms with Crippen molar-refractivity contribution in [3.63, 3.8) is 0 Å². The van der Waals surface area contributed by atoms with Crippen LogP contribution in [0.15, 0.2) is 36.9 Å². The Labute approximate surface area is 141 Å². The monoisotopic (exact) mass is 327 g/mol. The van der Waals surface area contributed by atoms with E-state index in [2.05, 4.69) is 25.2 Å². The number of rotatable bonds is 6. The Morgan fingerprint density at radius 2 is 2.25 bits per heavy atom. The van der Waals surface area contributed by atoms with Crippen LogP contribution in [0.25, 0.3) is 0 Å². The van der Waals surface area contributed by atoms with Crippen molar-refractivity contribution < 1.29 is 9.53 Å². The highest BCUT2D eigenvalue weighted by Gasteiger charge is 2.27. The number of hydrogen-bond donors (Lipinski definition) is 1. The highest BCUT2D eigenvalue weighted by molar-refractivity contribution is 5.78. The average molecular weight is 327 g/mol. The van der Waals surface area contributed by atoms with Gasteiger partial charge in [0, 0.05) is 43.9 Å². The van der Waals surface area contributed by atoms with E-state index in [1.807, 2.05) is 19.1 Å². The summed E-state index contributed by atoms with van der Waals surface area (Å²) in [5, 5.41) is 3.08. The van der Waals surface area contributed by atoms with E-state index in [1.54, 1.807) is 24.8 Å². The van der Waals surface area contributed by atoms with Crippen LogP contribution in [0.3, 0.4) is 0 Å². The van der Waals surface area contributed by atoms with E-state index in [0.29, 0.717) is 25.5 Å². The third-order valence-corrected chi connectivity index (χ3v) is 3.87. The third-order valence-electron chi connectivity index (χ3n) is 3.87. The summed E-state index contributed by atoms with van der Waals surface area (Å²) in [5.74, 6) is 1.30. The lowest BCUT2D eigenvalue weighted by Gasteiger charge is -2.19. The van der Waals surface area contributed by atoms with Gasteiger partial charge in [-0.1, -0.05) is 6.07 Å². The van der Waals surface area contributed by atoms with Crippen LogP contribution >= 0.6 is 0 Å². The first-order valence-corrected chi connectivity index (χ1v) is 8.13. The molecule has 1 fully saturated rings. The van der Waals surface area contributed by atoms with Gasteiger partial charge >= 0.3 is 0 Å². The molecule has 0 saturated carbocycles. The lowest BCUT2D eigenvalue weighted by atomic mass is 10.2. The molecule has 0 bridgehead atoms. The molecule has 0 unspecified atom stereocenters. The lowest BCUT2D eigenvalue weighted by Crippen LogP contribution is -2.38. The summed E-state index contributed by atoms with van der Waals surface area (Å²) in [5.41, 5.74) is 0.914. The zero-order valence-corrected chi connectivity index (χ0v) is 13.7. The number of pyridine rings is 1. The molecule has 0 aliphatic carbocycles. The van der Waals surface area contributed by atoms with E-state index in [4.69, 9.17) is 4.74 Å². The molecule has 7 nitrogen and oxygen atoms in total. The van der Waals surface area contributed by atoms with Crippen LogP contribution in [0.5, 0.6) is 5.88 Å². The van der Waals surface area contributed by atoms with Crippen LogP contribution < -0.4 is 15.0 Å². The fourth-order valence-corrected chi connectivity index (χ4v) is 2.81. The quantitative estimate of drug-likeness (QED) is 0.859. The van der Waals surface area contributed by atoms with E-state index in [1.165, 1.54) is 0 Å². The zero-order valence-electron chi connectivity index (χ0n) is 13.7. The summed E-state index contributed by atoms with van der Waals surface area (Å²) in [6.45, 7) is 3.99. The SMILES string of the molecule is CCOc1nccnc1N1CC[C@@H](NC(=O)Cc2cccnc2)C1. The standard InChI is InChI=1S/C17H21N5O2/c1-2-24-17-16(19-7-8-20-17)22-9-5-14(12-22)21-15(23)10-13-4-3-6-18-11-13/h3-4,6-8,11,14H,2,5,9-10,12H2,1H3,(H,21,23)/t14-/m1/s1. The third kappa shape index (κ3) is 3.98. The van der Waals surface area contributed by atoms with Crippen molar-refractivity contribution in [2.45, 2.75) is 25.8 Å². The summed E-state index contributed by atoms with van der Waals surface area (Å²) in [6, 6.07) is 3.84. The van der Waals surface area contributed by atoms with Gasteiger partial charge in [0.25, 0.3) is 5.88 Å². The van der Waals surface area contributed by atoms with Crippen LogP contribution in [0.2, 0.25) is 0 Å². The molecule has 24 heavy (non-hydrogen) atoms. The Bertz CT molecular complexity index is 680. The van der Waals surface area contributed by atoms with E-state index in [-0.39, 0.29) is 11.9 Å². The lowest BCUT2D eigenvalue weighted by molar-refractivity contribution is -0.121. The normalized spacial score (nSPS) is 16.9. The molecule has 1 N–H and O–H groups in total. The molecule has 0 spiro atoms. The molecular formula is C17H21N5O2. The second kappa shape index (κ2) is 7.72. The van der Waals surface area contributed by atoms with Crippen LogP contribution in [0, 0.1) is 0 Å². The maximum Gasteiger partial charge on any atom is 0.257 e. The van der Waals surface area contributed by atoms with Crippen molar-refractivity contribution in [1.82, 2.24) is 20.3 Å². The second-order valence-corrected chi connectivity index (χ2v) is 5.66. The zero-order chi connectivity index (χ0) is 16.8. The maximum absolute atomic E-state index is 12.2. The van der Waals surface area contributed by atoms with E-state index >= 15 is 0 Å². The molecular weight excluding hydrogens is 306 g/mol. The number of aromatic nitrogens is 3. The number of anilines is 1. The van der Waals surface area contributed by atoms with Crippen LogP contribution in [-0.4, -0.2) is 46.6 Å². The summed E-state index contributed by atoms with van der Waals surface area (Å²) < 4.78 is 5.54. The van der Waals surface area contributed by atoms with Crippen LogP contribution in [0.1, 0.15) is 18.9 Å². The Kier molecular flexibility index (Phi) is 5.20. The predicted molar refractivity (Wildman–Crippen MR) is 89.9 cm³/mol.